The highest BCUT2D eigenvalue weighted by Gasteiger charge is 2.29. The molecule has 0 aliphatic rings. The van der Waals surface area contributed by atoms with Gasteiger partial charge in [-0.25, -0.2) is 17.3 Å². The van der Waals surface area contributed by atoms with E-state index >= 15 is 0 Å². The molecule has 2 heterocycles. The molecule has 2 N–H and O–H groups in total. The number of hydrogen-bond acceptors (Lipinski definition) is 7. The molecular weight excluding hydrogens is 602 g/mol. The molecule has 1 amide bonds. The Bertz CT molecular complexity index is 1930. The molecule has 0 spiro atoms. The molecular formula is C30H25F4N5O4S. The number of amides is 1. The number of anilines is 3. The number of alkyl halides is 3. The lowest BCUT2D eigenvalue weighted by Crippen LogP contribution is -2.19. The maximum atomic E-state index is 13.2. The maximum absolute atomic E-state index is 13.2. The average Bonchev–Trinajstić information content (AvgIpc) is 3.37. The number of nitrogens with one attached hydrogen (secondary N) is 2. The summed E-state index contributed by atoms with van der Waals surface area (Å²) >= 11 is 0. The fraction of sp³-hybridized carbons (Fsp3) is 0.167. The number of halogens is 4. The molecule has 3 aromatic carbocycles. The quantitative estimate of drug-likeness (QED) is 0.183. The van der Waals surface area contributed by atoms with Crippen LogP contribution in [0, 0.1) is 5.82 Å². The number of rotatable bonds is 9. The van der Waals surface area contributed by atoms with E-state index in [4.69, 9.17) is 4.74 Å². The summed E-state index contributed by atoms with van der Waals surface area (Å²) in [6, 6.07) is 19.9. The molecule has 0 saturated carbocycles. The smallest absolute Gasteiger partial charge is 0.422 e. The third-order valence-corrected chi connectivity index (χ3v) is 7.71. The molecule has 0 unspecified atom stereocenters. The van der Waals surface area contributed by atoms with Crippen LogP contribution < -0.4 is 15.4 Å². The molecule has 0 fully saturated rings. The number of sulfone groups is 1. The van der Waals surface area contributed by atoms with E-state index in [1.54, 1.807) is 49.5 Å². The van der Waals surface area contributed by atoms with Crippen molar-refractivity contribution in [3.05, 3.63) is 96.4 Å². The summed E-state index contributed by atoms with van der Waals surface area (Å²) in [5.41, 5.74) is 3.31. The molecule has 0 bridgehead atoms. The number of carbonyl (C=O) groups excluding carboxylic acids is 1. The van der Waals surface area contributed by atoms with E-state index in [0.29, 0.717) is 16.9 Å². The Morgan fingerprint density at radius 3 is 2.32 bits per heavy atom. The first-order chi connectivity index (χ1) is 20.7. The zero-order valence-corrected chi connectivity index (χ0v) is 24.1. The molecule has 0 saturated heterocycles. The van der Waals surface area contributed by atoms with Crippen LogP contribution in [0.4, 0.5) is 34.9 Å². The highest BCUT2D eigenvalue weighted by molar-refractivity contribution is 7.90. The Morgan fingerprint density at radius 2 is 1.66 bits per heavy atom. The second kappa shape index (κ2) is 12.0. The first-order valence-electron chi connectivity index (χ1n) is 13.1. The van der Waals surface area contributed by atoms with Crippen molar-refractivity contribution < 1.29 is 35.5 Å². The molecule has 9 nitrogen and oxygen atoms in total. The van der Waals surface area contributed by atoms with Crippen molar-refractivity contribution in [1.82, 2.24) is 14.6 Å². The van der Waals surface area contributed by atoms with Crippen LogP contribution in [0.15, 0.2) is 90.0 Å². The van der Waals surface area contributed by atoms with E-state index in [1.807, 2.05) is 12.1 Å². The number of carbonyl (C=O) groups is 1. The topological polar surface area (TPSA) is 115 Å². The number of nitrogens with zero attached hydrogens (tertiary/aromatic N) is 3. The molecule has 0 radical (unpaired) electrons. The van der Waals surface area contributed by atoms with Crippen molar-refractivity contribution in [3.63, 3.8) is 0 Å². The molecule has 1 atom stereocenters. The summed E-state index contributed by atoms with van der Waals surface area (Å²) < 4.78 is 81.8. The van der Waals surface area contributed by atoms with Gasteiger partial charge in [-0.15, -0.1) is 5.10 Å². The third kappa shape index (κ3) is 7.32. The van der Waals surface area contributed by atoms with Crippen LogP contribution in [0.1, 0.15) is 18.4 Å². The van der Waals surface area contributed by atoms with Gasteiger partial charge in [0.05, 0.1) is 16.5 Å². The summed E-state index contributed by atoms with van der Waals surface area (Å²) in [7, 11) is -3.70. The minimum absolute atomic E-state index is 0.0412. The van der Waals surface area contributed by atoms with Crippen LogP contribution in [0.5, 0.6) is 5.75 Å². The Morgan fingerprint density at radius 1 is 0.977 bits per heavy atom. The van der Waals surface area contributed by atoms with E-state index in [9.17, 15) is 30.8 Å². The normalized spacial score (nSPS) is 12.6. The summed E-state index contributed by atoms with van der Waals surface area (Å²) in [5, 5.41) is 9.99. The number of pyridine rings is 1. The van der Waals surface area contributed by atoms with Gasteiger partial charge in [-0.2, -0.15) is 18.2 Å². The molecule has 2 aromatic heterocycles. The highest BCUT2D eigenvalue weighted by Crippen LogP contribution is 2.32. The van der Waals surface area contributed by atoms with Gasteiger partial charge in [0, 0.05) is 29.8 Å². The van der Waals surface area contributed by atoms with Crippen LogP contribution in [-0.2, 0) is 14.6 Å². The Labute approximate surface area is 249 Å². The van der Waals surface area contributed by atoms with Crippen LogP contribution >= 0.6 is 0 Å². The lowest BCUT2D eigenvalue weighted by molar-refractivity contribution is -0.153. The molecule has 5 aromatic rings. The molecule has 44 heavy (non-hydrogen) atoms. The minimum atomic E-state index is -4.64. The van der Waals surface area contributed by atoms with Gasteiger partial charge >= 0.3 is 6.18 Å². The Balaban J connectivity index is 1.32. The van der Waals surface area contributed by atoms with Crippen LogP contribution in [0.3, 0.4) is 0 Å². The largest absolute Gasteiger partial charge is 0.482 e. The van der Waals surface area contributed by atoms with Crippen molar-refractivity contribution in [3.8, 4) is 16.9 Å². The predicted octanol–water partition coefficient (Wildman–Crippen LogP) is 6.37. The molecule has 228 valence electrons. The highest BCUT2D eigenvalue weighted by atomic mass is 32.2. The molecule has 0 aliphatic carbocycles. The van der Waals surface area contributed by atoms with E-state index in [0.717, 1.165) is 23.4 Å². The van der Waals surface area contributed by atoms with E-state index in [1.165, 1.54) is 28.8 Å². The predicted molar refractivity (Wildman–Crippen MR) is 156 cm³/mol. The average molecular weight is 628 g/mol. The van der Waals surface area contributed by atoms with Crippen LogP contribution in [-0.4, -0.2) is 48.0 Å². The number of ether oxygens (including phenoxy) is 1. The lowest BCUT2D eigenvalue weighted by Gasteiger charge is -2.14. The summed E-state index contributed by atoms with van der Waals surface area (Å²) in [6.07, 6.45) is -2.00. The second-order valence-electron chi connectivity index (χ2n) is 9.95. The summed E-state index contributed by atoms with van der Waals surface area (Å²) in [4.78, 5) is 16.8. The number of hydrogen-bond donors (Lipinski definition) is 2. The molecule has 14 heteroatoms. The molecule has 0 aliphatic heterocycles. The SMILES string of the molecule is C[C@@H](C(=O)Nc1ccc(-c2ccc3nc(Nc4ccc(S(C)(=O)=O)cc4OCC(F)(F)F)nn3c2)cc1)c1ccc(F)cc1. The van der Waals surface area contributed by atoms with Gasteiger partial charge in [0.2, 0.25) is 11.9 Å². The van der Waals surface area contributed by atoms with Crippen molar-refractivity contribution in [2.24, 2.45) is 0 Å². The van der Waals surface area contributed by atoms with Gasteiger partial charge in [-0.1, -0.05) is 24.3 Å². The fourth-order valence-corrected chi connectivity index (χ4v) is 4.88. The Hall–Kier alpha value is -4.98. The second-order valence-corrected chi connectivity index (χ2v) is 12.0. The maximum Gasteiger partial charge on any atom is 0.422 e. The summed E-state index contributed by atoms with van der Waals surface area (Å²) in [6.45, 7) is 0.112. The van der Waals surface area contributed by atoms with Crippen molar-refractivity contribution in [1.29, 1.82) is 0 Å². The van der Waals surface area contributed by atoms with Gasteiger partial charge in [-0.3, -0.25) is 4.79 Å². The number of benzene rings is 3. The van der Waals surface area contributed by atoms with Gasteiger partial charge < -0.3 is 15.4 Å². The fourth-order valence-electron chi connectivity index (χ4n) is 4.24. The minimum Gasteiger partial charge on any atom is -0.482 e. The monoisotopic (exact) mass is 627 g/mol. The van der Waals surface area contributed by atoms with Gasteiger partial charge in [-0.05, 0) is 66.6 Å². The third-order valence-electron chi connectivity index (χ3n) is 6.60. The zero-order chi connectivity index (χ0) is 31.6. The van der Waals surface area contributed by atoms with Crippen LogP contribution in [0.25, 0.3) is 16.8 Å². The van der Waals surface area contributed by atoms with Crippen molar-refractivity contribution in [2.75, 3.05) is 23.5 Å². The van der Waals surface area contributed by atoms with E-state index < -0.39 is 28.5 Å². The van der Waals surface area contributed by atoms with E-state index in [-0.39, 0.29) is 34.0 Å². The van der Waals surface area contributed by atoms with Gasteiger partial charge in [0.15, 0.2) is 22.1 Å². The van der Waals surface area contributed by atoms with E-state index in [2.05, 4.69) is 20.7 Å². The summed E-state index contributed by atoms with van der Waals surface area (Å²) in [5.74, 6) is -1.40. The standard InChI is InChI=1S/C30H25F4N5O4S/c1-18(19-3-8-22(31)9-4-19)28(40)35-23-10-5-20(6-11-23)21-7-14-27-37-29(38-39(27)16-21)36-25-13-12-24(44(2,41)42)15-26(25)43-17-30(32,33)34/h3-16,18H,17H2,1-2H3,(H,35,40)(H,36,38)/t18-/m1/s1. The van der Waals surface area contributed by atoms with Crippen LogP contribution in [0.2, 0.25) is 0 Å². The Kier molecular flexibility index (Phi) is 8.28. The molecule has 5 rings (SSSR count). The van der Waals surface area contributed by atoms with Crippen molar-refractivity contribution in [2.45, 2.75) is 23.9 Å². The number of fused-ring (bicyclic) bond motifs is 1. The lowest BCUT2D eigenvalue weighted by atomic mass is 10.00. The first-order valence-corrected chi connectivity index (χ1v) is 15.0. The number of aromatic nitrogens is 3. The zero-order valence-electron chi connectivity index (χ0n) is 23.3. The van der Waals surface area contributed by atoms with Gasteiger partial charge in [0.1, 0.15) is 11.6 Å². The van der Waals surface area contributed by atoms with Crippen molar-refractivity contribution >= 4 is 38.7 Å². The first kappa shape index (κ1) is 30.5. The van der Waals surface area contributed by atoms with Gasteiger partial charge in [0.25, 0.3) is 0 Å².